The molecule has 0 aromatic carbocycles. The molecule has 24 heavy (non-hydrogen) atoms. The molecule has 0 N–H and O–H groups in total. The van der Waals surface area contributed by atoms with E-state index < -0.39 is 0 Å². The Kier molecular flexibility index (Phi) is 18.9. The topological polar surface area (TPSA) is 0 Å². The Morgan fingerprint density at radius 2 is 0.958 bits per heavy atom. The van der Waals surface area contributed by atoms with E-state index >= 15 is 0 Å². The third-order valence-electron chi connectivity index (χ3n) is 5.40. The Bertz CT molecular complexity index is 253. The van der Waals surface area contributed by atoms with Crippen LogP contribution in [0.15, 0.2) is 12.2 Å². The van der Waals surface area contributed by atoms with E-state index in [2.05, 4.69) is 39.8 Å². The zero-order chi connectivity index (χ0) is 17.9. The number of rotatable bonds is 18. The second kappa shape index (κ2) is 19.1. The summed E-state index contributed by atoms with van der Waals surface area (Å²) < 4.78 is 0. The molecule has 0 saturated heterocycles. The highest BCUT2D eigenvalue weighted by molar-refractivity contribution is 4.81. The Morgan fingerprint density at radius 3 is 1.58 bits per heavy atom. The maximum Gasteiger partial charge on any atom is -0.0351 e. The molecule has 0 rings (SSSR count). The summed E-state index contributed by atoms with van der Waals surface area (Å²) in [5.74, 6) is 1.88. The Morgan fingerprint density at radius 1 is 0.500 bits per heavy atom. The molecule has 144 valence electrons. The van der Waals surface area contributed by atoms with Crippen molar-refractivity contribution in [1.29, 1.82) is 0 Å². The number of hydrogen-bond donors (Lipinski definition) is 0. The lowest BCUT2D eigenvalue weighted by Crippen LogP contribution is -1.95. The zero-order valence-electron chi connectivity index (χ0n) is 17.6. The van der Waals surface area contributed by atoms with Gasteiger partial charge in [-0.3, -0.25) is 0 Å². The maximum absolute atomic E-state index is 2.45. The van der Waals surface area contributed by atoms with E-state index in [1.165, 1.54) is 103 Å². The second-order valence-corrected chi connectivity index (χ2v) is 8.24. The van der Waals surface area contributed by atoms with Gasteiger partial charge in [0.1, 0.15) is 0 Å². The Balaban J connectivity index is 3.30. The molecule has 0 nitrogen and oxygen atoms in total. The molecule has 0 radical (unpaired) electrons. The van der Waals surface area contributed by atoms with Crippen molar-refractivity contribution >= 4 is 0 Å². The van der Waals surface area contributed by atoms with Crippen molar-refractivity contribution in [2.45, 2.75) is 130 Å². The minimum atomic E-state index is 0.932. The molecule has 2 atom stereocenters. The lowest BCUT2D eigenvalue weighted by atomic mass is 9.96. The molecule has 2 unspecified atom stereocenters. The molecule has 0 heterocycles. The first-order valence-electron chi connectivity index (χ1n) is 11.4. The fourth-order valence-electron chi connectivity index (χ4n) is 3.51. The van der Waals surface area contributed by atoms with Crippen molar-refractivity contribution < 1.29 is 0 Å². The predicted octanol–water partition coefficient (Wildman–Crippen LogP) is 9.10. The summed E-state index contributed by atoms with van der Waals surface area (Å²) >= 11 is 0. The quantitative estimate of drug-likeness (QED) is 0.173. The maximum atomic E-state index is 2.45. The van der Waals surface area contributed by atoms with E-state index in [0.717, 1.165) is 11.8 Å². The van der Waals surface area contributed by atoms with E-state index in [9.17, 15) is 0 Å². The summed E-state index contributed by atoms with van der Waals surface area (Å²) in [7, 11) is 0. The van der Waals surface area contributed by atoms with Crippen LogP contribution in [0.1, 0.15) is 130 Å². The molecule has 0 heteroatoms. The molecule has 0 bridgehead atoms. The van der Waals surface area contributed by atoms with E-state index in [-0.39, 0.29) is 0 Å². The molecule has 0 aromatic rings. The van der Waals surface area contributed by atoms with Gasteiger partial charge >= 0.3 is 0 Å². The molecule has 0 aromatic heterocycles. The van der Waals surface area contributed by atoms with Crippen LogP contribution < -0.4 is 0 Å². The van der Waals surface area contributed by atoms with Gasteiger partial charge in [-0.05, 0) is 37.5 Å². The highest BCUT2D eigenvalue weighted by Crippen LogP contribution is 2.18. The first kappa shape index (κ1) is 23.7. The standard InChI is InChI=1S/C24H48/c1-5-7-9-13-16-21-24(4)22-18-15-12-10-11-14-17-20-23(3)19-8-6-2/h10-11,23-24H,5-9,12-22H2,1-4H3. The lowest BCUT2D eigenvalue weighted by molar-refractivity contribution is 0.439. The third-order valence-corrected chi connectivity index (χ3v) is 5.40. The second-order valence-electron chi connectivity index (χ2n) is 8.24. The summed E-state index contributed by atoms with van der Waals surface area (Å²) in [6, 6.07) is 0. The predicted molar refractivity (Wildman–Crippen MR) is 113 cm³/mol. The minimum absolute atomic E-state index is 0.932. The van der Waals surface area contributed by atoms with Crippen LogP contribution in [0.3, 0.4) is 0 Å². The van der Waals surface area contributed by atoms with Gasteiger partial charge in [0.15, 0.2) is 0 Å². The molecule has 0 fully saturated rings. The minimum Gasteiger partial charge on any atom is -0.0885 e. The largest absolute Gasteiger partial charge is 0.0885 e. The number of allylic oxidation sites excluding steroid dienone is 2. The fourth-order valence-corrected chi connectivity index (χ4v) is 3.51. The van der Waals surface area contributed by atoms with Crippen molar-refractivity contribution in [3.8, 4) is 0 Å². The molecule has 0 aliphatic carbocycles. The molecule has 0 amide bonds. The molecule has 0 spiro atoms. The molecule has 0 aliphatic rings. The lowest BCUT2D eigenvalue weighted by Gasteiger charge is -2.10. The van der Waals surface area contributed by atoms with Crippen molar-refractivity contribution in [1.82, 2.24) is 0 Å². The first-order chi connectivity index (χ1) is 11.7. The van der Waals surface area contributed by atoms with Crippen LogP contribution in [0.25, 0.3) is 0 Å². The van der Waals surface area contributed by atoms with Gasteiger partial charge in [0.25, 0.3) is 0 Å². The van der Waals surface area contributed by atoms with Gasteiger partial charge in [0.2, 0.25) is 0 Å². The average molecular weight is 337 g/mol. The van der Waals surface area contributed by atoms with Crippen LogP contribution in [0, 0.1) is 11.8 Å². The number of unbranched alkanes of at least 4 members (excludes halogenated alkanes) is 8. The normalized spacial score (nSPS) is 14.3. The highest BCUT2D eigenvalue weighted by Gasteiger charge is 2.02. The van der Waals surface area contributed by atoms with E-state index in [0.29, 0.717) is 0 Å². The van der Waals surface area contributed by atoms with Crippen LogP contribution in [0.2, 0.25) is 0 Å². The van der Waals surface area contributed by atoms with Crippen molar-refractivity contribution in [3.05, 3.63) is 12.2 Å². The van der Waals surface area contributed by atoms with Crippen LogP contribution in [-0.4, -0.2) is 0 Å². The summed E-state index contributed by atoms with van der Waals surface area (Å²) in [5.41, 5.74) is 0. The summed E-state index contributed by atoms with van der Waals surface area (Å²) in [6.07, 6.45) is 27.3. The van der Waals surface area contributed by atoms with Crippen LogP contribution in [0.5, 0.6) is 0 Å². The van der Waals surface area contributed by atoms with Crippen molar-refractivity contribution in [2.24, 2.45) is 11.8 Å². The Hall–Kier alpha value is -0.260. The fraction of sp³-hybridized carbons (Fsp3) is 0.917. The molecular formula is C24H48. The molecule has 0 aliphatic heterocycles. The van der Waals surface area contributed by atoms with Crippen molar-refractivity contribution in [2.75, 3.05) is 0 Å². The van der Waals surface area contributed by atoms with E-state index in [1.54, 1.807) is 0 Å². The monoisotopic (exact) mass is 336 g/mol. The van der Waals surface area contributed by atoms with Crippen LogP contribution >= 0.6 is 0 Å². The van der Waals surface area contributed by atoms with Gasteiger partial charge in [0, 0.05) is 0 Å². The third kappa shape index (κ3) is 18.1. The number of hydrogen-bond acceptors (Lipinski definition) is 0. The van der Waals surface area contributed by atoms with Gasteiger partial charge in [-0.1, -0.05) is 117 Å². The Labute approximate surface area is 154 Å². The van der Waals surface area contributed by atoms with Gasteiger partial charge in [-0.15, -0.1) is 0 Å². The smallest absolute Gasteiger partial charge is 0.0351 e. The molecular weight excluding hydrogens is 288 g/mol. The summed E-state index contributed by atoms with van der Waals surface area (Å²) in [4.78, 5) is 0. The molecule has 0 saturated carbocycles. The van der Waals surface area contributed by atoms with Gasteiger partial charge in [-0.2, -0.15) is 0 Å². The average Bonchev–Trinajstić information content (AvgIpc) is 2.58. The van der Waals surface area contributed by atoms with E-state index in [4.69, 9.17) is 0 Å². The van der Waals surface area contributed by atoms with Crippen LogP contribution in [-0.2, 0) is 0 Å². The van der Waals surface area contributed by atoms with Crippen LogP contribution in [0.4, 0.5) is 0 Å². The summed E-state index contributed by atoms with van der Waals surface area (Å²) in [5, 5.41) is 0. The summed E-state index contributed by atoms with van der Waals surface area (Å²) in [6.45, 7) is 9.47. The van der Waals surface area contributed by atoms with E-state index in [1.807, 2.05) is 0 Å². The SMILES string of the molecule is CCCCCCCC(C)CCCCC=CCCCC(C)CCCC. The first-order valence-corrected chi connectivity index (χ1v) is 11.4. The van der Waals surface area contributed by atoms with Gasteiger partial charge < -0.3 is 0 Å². The van der Waals surface area contributed by atoms with Crippen molar-refractivity contribution in [3.63, 3.8) is 0 Å². The van der Waals surface area contributed by atoms with Gasteiger partial charge in [-0.25, -0.2) is 0 Å². The highest BCUT2D eigenvalue weighted by atomic mass is 14.1. The van der Waals surface area contributed by atoms with Gasteiger partial charge in [0.05, 0.1) is 0 Å². The zero-order valence-corrected chi connectivity index (χ0v) is 17.6.